The highest BCUT2D eigenvalue weighted by Crippen LogP contribution is 1.93. The number of amides is 1. The summed E-state index contributed by atoms with van der Waals surface area (Å²) in [5.41, 5.74) is 0. The van der Waals surface area contributed by atoms with Gasteiger partial charge in [-0.25, -0.2) is 13.4 Å². The van der Waals surface area contributed by atoms with Crippen molar-refractivity contribution >= 4 is 15.7 Å². The van der Waals surface area contributed by atoms with Crippen LogP contribution in [0, 0.1) is 0 Å². The van der Waals surface area contributed by atoms with Gasteiger partial charge in [-0.05, 0) is 0 Å². The van der Waals surface area contributed by atoms with Crippen LogP contribution in [0.2, 0.25) is 0 Å². The molecule has 0 saturated heterocycles. The molecule has 7 nitrogen and oxygen atoms in total. The van der Waals surface area contributed by atoms with Gasteiger partial charge in [0.2, 0.25) is 5.82 Å². The average molecular weight is 260 g/mol. The van der Waals surface area contributed by atoms with Gasteiger partial charge < -0.3 is 5.32 Å². The van der Waals surface area contributed by atoms with E-state index in [1.807, 2.05) is 6.92 Å². The molecule has 1 aromatic rings. The molecule has 0 aliphatic carbocycles. The Morgan fingerprint density at radius 2 is 2.12 bits per heavy atom. The van der Waals surface area contributed by atoms with E-state index < -0.39 is 15.7 Å². The Balaban J connectivity index is 2.45. The molecule has 0 atom stereocenters. The molecular weight excluding hydrogens is 244 g/mol. The van der Waals surface area contributed by atoms with Crippen LogP contribution in [0.3, 0.4) is 0 Å². The van der Waals surface area contributed by atoms with Crippen molar-refractivity contribution in [3.8, 4) is 0 Å². The largest absolute Gasteiger partial charge is 0.348 e. The highest BCUT2D eigenvalue weighted by atomic mass is 32.2. The predicted molar refractivity (Wildman–Crippen MR) is 62.4 cm³/mol. The summed E-state index contributed by atoms with van der Waals surface area (Å²) in [4.78, 5) is 15.4. The number of rotatable bonds is 6. The molecule has 96 valence electrons. The molecule has 0 aliphatic rings. The van der Waals surface area contributed by atoms with Gasteiger partial charge in [0.05, 0.1) is 5.75 Å². The third kappa shape index (κ3) is 4.14. The fraction of sp³-hybridized carbons (Fsp3) is 0.667. The highest BCUT2D eigenvalue weighted by Gasteiger charge is 2.13. The molecule has 0 radical (unpaired) electrons. The maximum atomic E-state index is 11.5. The van der Waals surface area contributed by atoms with Crippen molar-refractivity contribution in [1.29, 1.82) is 0 Å². The molecule has 1 amide bonds. The maximum absolute atomic E-state index is 11.5. The number of sulfone groups is 1. The zero-order chi connectivity index (χ0) is 12.9. The van der Waals surface area contributed by atoms with Crippen LogP contribution >= 0.6 is 0 Å². The van der Waals surface area contributed by atoms with Crippen molar-refractivity contribution in [2.75, 3.05) is 18.1 Å². The predicted octanol–water partition coefficient (Wildman–Crippen LogP) is -0.468. The van der Waals surface area contributed by atoms with E-state index in [2.05, 4.69) is 20.5 Å². The number of carbonyl (C=O) groups excluding carboxylic acids is 1. The summed E-state index contributed by atoms with van der Waals surface area (Å²) in [6.07, 6.45) is 0.657. The molecule has 0 bridgehead atoms. The Bertz CT molecular complexity index is 480. The van der Waals surface area contributed by atoms with E-state index >= 15 is 0 Å². The minimum Gasteiger partial charge on any atom is -0.348 e. The molecule has 0 aromatic carbocycles. The second-order valence-corrected chi connectivity index (χ2v) is 5.92. The summed E-state index contributed by atoms with van der Waals surface area (Å²) in [7, 11) is -3.06. The number of nitrogens with one attached hydrogen (secondary N) is 2. The lowest BCUT2D eigenvalue weighted by Crippen LogP contribution is -2.30. The number of carbonyl (C=O) groups is 1. The number of H-pyrrole nitrogens is 1. The highest BCUT2D eigenvalue weighted by molar-refractivity contribution is 7.91. The van der Waals surface area contributed by atoms with Crippen molar-refractivity contribution in [3.05, 3.63) is 11.6 Å². The number of hydrogen-bond donors (Lipinski definition) is 2. The van der Waals surface area contributed by atoms with Gasteiger partial charge in [0.15, 0.2) is 9.84 Å². The summed E-state index contributed by atoms with van der Waals surface area (Å²) >= 11 is 0. The van der Waals surface area contributed by atoms with Gasteiger partial charge >= 0.3 is 0 Å². The molecule has 1 heterocycles. The summed E-state index contributed by atoms with van der Waals surface area (Å²) < 4.78 is 22.4. The van der Waals surface area contributed by atoms with E-state index in [-0.39, 0.29) is 23.9 Å². The summed E-state index contributed by atoms with van der Waals surface area (Å²) in [6.45, 7) is 3.53. The molecule has 0 unspecified atom stereocenters. The lowest BCUT2D eigenvalue weighted by molar-refractivity contribution is 0.0946. The van der Waals surface area contributed by atoms with Crippen LogP contribution in [-0.2, 0) is 16.3 Å². The molecular formula is C9H16N4O3S. The number of nitrogens with zero attached hydrogens (tertiary/aromatic N) is 2. The van der Waals surface area contributed by atoms with Gasteiger partial charge in [0.25, 0.3) is 5.91 Å². The fourth-order valence-corrected chi connectivity index (χ4v) is 1.80. The van der Waals surface area contributed by atoms with Crippen LogP contribution in [0.5, 0.6) is 0 Å². The topological polar surface area (TPSA) is 105 Å². The Labute approximate surface area is 99.9 Å². The first-order valence-corrected chi connectivity index (χ1v) is 7.20. The maximum Gasteiger partial charge on any atom is 0.290 e. The van der Waals surface area contributed by atoms with E-state index in [1.54, 1.807) is 6.92 Å². The van der Waals surface area contributed by atoms with Crippen LogP contribution in [-0.4, -0.2) is 47.6 Å². The van der Waals surface area contributed by atoms with Gasteiger partial charge in [0, 0.05) is 18.7 Å². The minimum absolute atomic E-state index is 0.0377. The van der Waals surface area contributed by atoms with Gasteiger partial charge in [-0.15, -0.1) is 5.10 Å². The first kappa shape index (κ1) is 13.6. The fourth-order valence-electron chi connectivity index (χ4n) is 1.10. The minimum atomic E-state index is -3.06. The Kier molecular flexibility index (Phi) is 4.62. The monoisotopic (exact) mass is 260 g/mol. The normalized spacial score (nSPS) is 11.4. The smallest absolute Gasteiger partial charge is 0.290 e. The van der Waals surface area contributed by atoms with E-state index in [1.165, 1.54) is 0 Å². The zero-order valence-corrected chi connectivity index (χ0v) is 10.7. The summed E-state index contributed by atoms with van der Waals surface area (Å²) in [5, 5.41) is 8.80. The molecule has 2 N–H and O–H groups in total. The molecule has 0 saturated carbocycles. The second-order valence-electron chi connectivity index (χ2n) is 3.45. The van der Waals surface area contributed by atoms with Gasteiger partial charge in [-0.3, -0.25) is 9.89 Å². The van der Waals surface area contributed by atoms with E-state index in [9.17, 15) is 13.2 Å². The van der Waals surface area contributed by atoms with Crippen LogP contribution in [0.25, 0.3) is 0 Å². The second kappa shape index (κ2) is 5.76. The molecule has 17 heavy (non-hydrogen) atoms. The van der Waals surface area contributed by atoms with Crippen LogP contribution in [0.15, 0.2) is 0 Å². The van der Waals surface area contributed by atoms with Crippen molar-refractivity contribution < 1.29 is 13.2 Å². The van der Waals surface area contributed by atoms with Gasteiger partial charge in [-0.2, -0.15) is 0 Å². The van der Waals surface area contributed by atoms with Crippen molar-refractivity contribution in [2.45, 2.75) is 20.3 Å². The first-order valence-electron chi connectivity index (χ1n) is 5.38. The average Bonchev–Trinajstić information content (AvgIpc) is 2.77. The summed E-state index contributed by atoms with van der Waals surface area (Å²) in [5.74, 6) is 0.198. The molecule has 1 rings (SSSR count). The quantitative estimate of drug-likeness (QED) is 0.719. The lowest BCUT2D eigenvalue weighted by Gasteiger charge is -2.02. The number of aromatic nitrogens is 3. The number of aryl methyl sites for hydroxylation is 1. The SMILES string of the molecule is CCc1nc(C(=O)NCCS(=O)(=O)CC)n[nH]1. The van der Waals surface area contributed by atoms with Crippen LogP contribution in [0.4, 0.5) is 0 Å². The van der Waals surface area contributed by atoms with E-state index in [0.29, 0.717) is 12.2 Å². The lowest BCUT2D eigenvalue weighted by atomic mass is 10.5. The standard InChI is InChI=1S/C9H16N4O3S/c1-3-7-11-8(13-12-7)9(14)10-5-6-17(15,16)4-2/h3-6H2,1-2H3,(H,10,14)(H,11,12,13). The van der Waals surface area contributed by atoms with Gasteiger partial charge in [-0.1, -0.05) is 13.8 Å². The number of hydrogen-bond acceptors (Lipinski definition) is 5. The van der Waals surface area contributed by atoms with Crippen LogP contribution < -0.4 is 5.32 Å². The van der Waals surface area contributed by atoms with E-state index in [4.69, 9.17) is 0 Å². The summed E-state index contributed by atoms with van der Waals surface area (Å²) in [6, 6.07) is 0. The molecule has 0 fully saturated rings. The van der Waals surface area contributed by atoms with Crippen LogP contribution in [0.1, 0.15) is 30.3 Å². The Hall–Kier alpha value is -1.44. The molecule has 1 aromatic heterocycles. The van der Waals surface area contributed by atoms with Crippen molar-refractivity contribution in [3.63, 3.8) is 0 Å². The van der Waals surface area contributed by atoms with E-state index in [0.717, 1.165) is 0 Å². The molecule has 0 aliphatic heterocycles. The number of aromatic amines is 1. The van der Waals surface area contributed by atoms with Crippen molar-refractivity contribution in [2.24, 2.45) is 0 Å². The molecule has 8 heteroatoms. The third-order valence-electron chi connectivity index (χ3n) is 2.21. The Morgan fingerprint density at radius 1 is 1.41 bits per heavy atom. The Morgan fingerprint density at radius 3 is 2.65 bits per heavy atom. The zero-order valence-electron chi connectivity index (χ0n) is 9.86. The van der Waals surface area contributed by atoms with Gasteiger partial charge in [0.1, 0.15) is 5.82 Å². The van der Waals surface area contributed by atoms with Crippen molar-refractivity contribution in [1.82, 2.24) is 20.5 Å². The third-order valence-corrected chi connectivity index (χ3v) is 3.91. The molecule has 0 spiro atoms. The first-order chi connectivity index (χ1) is 7.98.